The first-order valence-electron chi connectivity index (χ1n) is 7.69. The molecular weight excluding hydrogens is 250 g/mol. The van der Waals surface area contributed by atoms with Gasteiger partial charge in [0, 0.05) is 5.54 Å². The van der Waals surface area contributed by atoms with E-state index >= 15 is 0 Å². The van der Waals surface area contributed by atoms with E-state index in [1.54, 1.807) is 11.3 Å². The summed E-state index contributed by atoms with van der Waals surface area (Å²) < 4.78 is 0. The number of aryl methyl sites for hydroxylation is 1. The molecule has 0 saturated heterocycles. The number of hydrogen-bond donors (Lipinski definition) is 1. The van der Waals surface area contributed by atoms with Crippen LogP contribution in [0.1, 0.15) is 64.9 Å². The largest absolute Gasteiger partial charge is 0.325 e. The highest BCUT2D eigenvalue weighted by atomic mass is 32.1. The van der Waals surface area contributed by atoms with Crippen molar-refractivity contribution >= 4 is 11.3 Å². The fourth-order valence-corrected chi connectivity index (χ4v) is 4.08. The lowest BCUT2D eigenvalue weighted by Gasteiger charge is -2.31. The van der Waals surface area contributed by atoms with Gasteiger partial charge in [0.2, 0.25) is 0 Å². The Morgan fingerprint density at radius 2 is 2.11 bits per heavy atom. The third kappa shape index (κ3) is 4.32. The van der Waals surface area contributed by atoms with Crippen molar-refractivity contribution < 1.29 is 0 Å². The second-order valence-corrected chi connectivity index (χ2v) is 8.27. The van der Waals surface area contributed by atoms with E-state index in [0.29, 0.717) is 5.41 Å². The van der Waals surface area contributed by atoms with Gasteiger partial charge in [-0.25, -0.2) is 0 Å². The quantitative estimate of drug-likeness (QED) is 0.774. The van der Waals surface area contributed by atoms with Gasteiger partial charge in [0.1, 0.15) is 0 Å². The van der Waals surface area contributed by atoms with E-state index in [1.807, 2.05) is 0 Å². The molecule has 2 rings (SSSR count). The standard InChI is InChI=1S/C17H29NS/c1-16(2,3)15-5-4-9-17(18,11-7-15)10-6-14-8-12-19-13-14/h8,12-13,15H,4-7,9-11,18H2,1-3H3. The molecule has 1 nitrogen and oxygen atoms in total. The van der Waals surface area contributed by atoms with Crippen molar-refractivity contribution in [2.45, 2.75) is 71.3 Å². The lowest BCUT2D eigenvalue weighted by molar-refractivity contribution is 0.210. The summed E-state index contributed by atoms with van der Waals surface area (Å²) in [5.41, 5.74) is 8.68. The van der Waals surface area contributed by atoms with Gasteiger partial charge in [0.15, 0.2) is 0 Å². The van der Waals surface area contributed by atoms with Gasteiger partial charge in [-0.3, -0.25) is 0 Å². The van der Waals surface area contributed by atoms with E-state index in [0.717, 1.165) is 18.8 Å². The van der Waals surface area contributed by atoms with Gasteiger partial charge in [-0.05, 0) is 72.2 Å². The molecule has 1 aliphatic rings. The SMILES string of the molecule is CC(C)(C)C1CCCC(N)(CCc2ccsc2)CC1. The summed E-state index contributed by atoms with van der Waals surface area (Å²) in [6, 6.07) is 2.24. The Bertz CT molecular complexity index is 376. The third-order valence-corrected chi connectivity index (χ3v) is 5.67. The summed E-state index contributed by atoms with van der Waals surface area (Å²) in [6.07, 6.45) is 8.70. The second-order valence-electron chi connectivity index (χ2n) is 7.49. The molecule has 108 valence electrons. The molecule has 2 unspecified atom stereocenters. The predicted molar refractivity (Wildman–Crippen MR) is 85.6 cm³/mol. The van der Waals surface area contributed by atoms with Crippen molar-refractivity contribution in [3.8, 4) is 0 Å². The fraction of sp³-hybridized carbons (Fsp3) is 0.765. The second kappa shape index (κ2) is 5.97. The predicted octanol–water partition coefficient (Wildman–Crippen LogP) is 5.00. The smallest absolute Gasteiger partial charge is 0.0157 e. The van der Waals surface area contributed by atoms with Crippen LogP contribution in [0.5, 0.6) is 0 Å². The van der Waals surface area contributed by atoms with Gasteiger partial charge >= 0.3 is 0 Å². The fourth-order valence-electron chi connectivity index (χ4n) is 3.38. The molecule has 2 heteroatoms. The van der Waals surface area contributed by atoms with Crippen LogP contribution in [0, 0.1) is 11.3 Å². The Hall–Kier alpha value is -0.340. The van der Waals surface area contributed by atoms with Crippen LogP contribution in [-0.2, 0) is 6.42 Å². The average Bonchev–Trinajstić information content (AvgIpc) is 2.75. The van der Waals surface area contributed by atoms with Gasteiger partial charge in [-0.1, -0.05) is 27.2 Å². The minimum absolute atomic E-state index is 0.0853. The van der Waals surface area contributed by atoms with E-state index in [1.165, 1.54) is 37.7 Å². The van der Waals surface area contributed by atoms with Crippen molar-refractivity contribution in [1.82, 2.24) is 0 Å². The minimum Gasteiger partial charge on any atom is -0.325 e. The zero-order chi connectivity index (χ0) is 13.9. The molecule has 1 saturated carbocycles. The number of rotatable bonds is 3. The molecule has 0 spiro atoms. The van der Waals surface area contributed by atoms with Crippen LogP contribution in [0.25, 0.3) is 0 Å². The number of hydrogen-bond acceptors (Lipinski definition) is 2. The zero-order valence-electron chi connectivity index (χ0n) is 12.7. The van der Waals surface area contributed by atoms with Gasteiger partial charge in [-0.2, -0.15) is 11.3 Å². The van der Waals surface area contributed by atoms with Crippen LogP contribution < -0.4 is 5.73 Å². The van der Waals surface area contributed by atoms with Crippen molar-refractivity contribution in [2.75, 3.05) is 0 Å². The van der Waals surface area contributed by atoms with E-state index in [-0.39, 0.29) is 5.54 Å². The summed E-state index contributed by atoms with van der Waals surface area (Å²) in [5.74, 6) is 0.846. The molecule has 2 atom stereocenters. The molecule has 1 aromatic rings. The summed E-state index contributed by atoms with van der Waals surface area (Å²) >= 11 is 1.79. The maximum Gasteiger partial charge on any atom is 0.0157 e. The van der Waals surface area contributed by atoms with E-state index < -0.39 is 0 Å². The molecule has 1 fully saturated rings. The summed E-state index contributed by atoms with van der Waals surface area (Å²) in [5, 5.41) is 4.43. The molecule has 1 aromatic heterocycles. The maximum atomic E-state index is 6.68. The van der Waals surface area contributed by atoms with Gasteiger partial charge in [0.25, 0.3) is 0 Å². The molecule has 0 bridgehead atoms. The Labute approximate surface area is 122 Å². The van der Waals surface area contributed by atoms with Crippen LogP contribution in [0.15, 0.2) is 16.8 Å². The average molecular weight is 279 g/mol. The Morgan fingerprint density at radius 3 is 2.74 bits per heavy atom. The first-order valence-corrected chi connectivity index (χ1v) is 8.63. The van der Waals surface area contributed by atoms with E-state index in [9.17, 15) is 0 Å². The van der Waals surface area contributed by atoms with Crippen LogP contribution in [0.3, 0.4) is 0 Å². The highest BCUT2D eigenvalue weighted by molar-refractivity contribution is 7.07. The summed E-state index contributed by atoms with van der Waals surface area (Å²) in [4.78, 5) is 0. The van der Waals surface area contributed by atoms with Gasteiger partial charge in [0.05, 0.1) is 0 Å². The van der Waals surface area contributed by atoms with Gasteiger partial charge < -0.3 is 5.73 Å². The summed E-state index contributed by atoms with van der Waals surface area (Å²) in [6.45, 7) is 7.14. The van der Waals surface area contributed by atoms with Crippen molar-refractivity contribution in [3.05, 3.63) is 22.4 Å². The van der Waals surface area contributed by atoms with Gasteiger partial charge in [-0.15, -0.1) is 0 Å². The first-order chi connectivity index (χ1) is 8.89. The van der Waals surface area contributed by atoms with E-state index in [2.05, 4.69) is 37.6 Å². The molecular formula is C17H29NS. The first kappa shape index (κ1) is 15.1. The topological polar surface area (TPSA) is 26.0 Å². The van der Waals surface area contributed by atoms with Crippen molar-refractivity contribution in [1.29, 1.82) is 0 Å². The highest BCUT2D eigenvalue weighted by Crippen LogP contribution is 2.40. The minimum atomic E-state index is 0.0853. The highest BCUT2D eigenvalue weighted by Gasteiger charge is 2.33. The molecule has 0 aliphatic heterocycles. The zero-order valence-corrected chi connectivity index (χ0v) is 13.6. The molecule has 0 amide bonds. The van der Waals surface area contributed by atoms with E-state index in [4.69, 9.17) is 5.73 Å². The molecule has 19 heavy (non-hydrogen) atoms. The molecule has 0 aromatic carbocycles. The normalized spacial score (nSPS) is 29.2. The summed E-state index contributed by atoms with van der Waals surface area (Å²) in [7, 11) is 0. The maximum absolute atomic E-state index is 6.68. The van der Waals surface area contributed by atoms with Crippen LogP contribution in [0.4, 0.5) is 0 Å². The molecule has 1 heterocycles. The van der Waals surface area contributed by atoms with Crippen LogP contribution in [-0.4, -0.2) is 5.54 Å². The number of thiophene rings is 1. The monoisotopic (exact) mass is 279 g/mol. The lowest BCUT2D eigenvalue weighted by atomic mass is 9.76. The van der Waals surface area contributed by atoms with Crippen LogP contribution in [0.2, 0.25) is 0 Å². The Morgan fingerprint density at radius 1 is 1.32 bits per heavy atom. The number of nitrogens with two attached hydrogens (primary N) is 1. The van der Waals surface area contributed by atoms with Crippen molar-refractivity contribution in [3.63, 3.8) is 0 Å². The third-order valence-electron chi connectivity index (χ3n) is 4.93. The molecule has 2 N–H and O–H groups in total. The Kier molecular flexibility index (Phi) is 4.73. The lowest BCUT2D eigenvalue weighted by Crippen LogP contribution is -2.39. The van der Waals surface area contributed by atoms with Crippen molar-refractivity contribution in [2.24, 2.45) is 17.1 Å². The molecule has 0 radical (unpaired) electrons. The molecule has 1 aliphatic carbocycles. The van der Waals surface area contributed by atoms with Crippen LogP contribution >= 0.6 is 11.3 Å². The Balaban J connectivity index is 1.89.